The van der Waals surface area contributed by atoms with E-state index in [9.17, 15) is 14.0 Å². The SMILES string of the molecule is C=CC(=O)N1CC(F)(C(=O)Nc2ccc(Cl)cc2C)C1. The first-order valence-electron chi connectivity index (χ1n) is 6.03. The molecule has 1 aliphatic heterocycles. The van der Waals surface area contributed by atoms with Gasteiger partial charge in [0, 0.05) is 10.7 Å². The number of anilines is 1. The third kappa shape index (κ3) is 2.67. The molecule has 1 saturated heterocycles. The van der Waals surface area contributed by atoms with Gasteiger partial charge in [-0.15, -0.1) is 0 Å². The molecule has 0 unspecified atom stereocenters. The Balaban J connectivity index is 2.03. The van der Waals surface area contributed by atoms with Crippen LogP contribution < -0.4 is 5.32 Å². The highest BCUT2D eigenvalue weighted by atomic mass is 35.5. The lowest BCUT2D eigenvalue weighted by Gasteiger charge is -2.42. The van der Waals surface area contributed by atoms with Gasteiger partial charge in [-0.25, -0.2) is 4.39 Å². The maximum absolute atomic E-state index is 14.3. The Bertz CT molecular complexity index is 583. The van der Waals surface area contributed by atoms with Gasteiger partial charge in [0.25, 0.3) is 5.91 Å². The van der Waals surface area contributed by atoms with Crippen LogP contribution in [0.5, 0.6) is 0 Å². The smallest absolute Gasteiger partial charge is 0.265 e. The topological polar surface area (TPSA) is 49.4 Å². The van der Waals surface area contributed by atoms with Gasteiger partial charge in [0.15, 0.2) is 0 Å². The summed E-state index contributed by atoms with van der Waals surface area (Å²) < 4.78 is 14.3. The normalized spacial score (nSPS) is 16.2. The lowest BCUT2D eigenvalue weighted by molar-refractivity contribution is -0.150. The Kier molecular flexibility index (Phi) is 3.81. The molecule has 0 saturated carbocycles. The monoisotopic (exact) mass is 296 g/mol. The minimum atomic E-state index is -2.05. The number of hydrogen-bond acceptors (Lipinski definition) is 2. The average molecular weight is 297 g/mol. The Labute approximate surface area is 121 Å². The molecule has 1 aromatic rings. The van der Waals surface area contributed by atoms with Crippen molar-refractivity contribution in [1.29, 1.82) is 0 Å². The third-order valence-electron chi connectivity index (χ3n) is 3.21. The van der Waals surface area contributed by atoms with Gasteiger partial charge in [-0.05, 0) is 36.8 Å². The molecule has 0 aliphatic carbocycles. The van der Waals surface area contributed by atoms with Crippen LogP contribution in [-0.2, 0) is 9.59 Å². The van der Waals surface area contributed by atoms with E-state index >= 15 is 0 Å². The van der Waals surface area contributed by atoms with Gasteiger partial charge >= 0.3 is 0 Å². The molecule has 2 rings (SSSR count). The summed E-state index contributed by atoms with van der Waals surface area (Å²) in [6.07, 6.45) is 1.10. The highest BCUT2D eigenvalue weighted by molar-refractivity contribution is 6.30. The molecule has 0 bridgehead atoms. The summed E-state index contributed by atoms with van der Waals surface area (Å²) in [7, 11) is 0. The number of rotatable bonds is 3. The fraction of sp³-hybridized carbons (Fsp3) is 0.286. The van der Waals surface area contributed by atoms with Crippen LogP contribution in [0.4, 0.5) is 10.1 Å². The van der Waals surface area contributed by atoms with Gasteiger partial charge in [-0.2, -0.15) is 0 Å². The zero-order chi connectivity index (χ0) is 14.9. The van der Waals surface area contributed by atoms with E-state index in [0.717, 1.165) is 11.6 Å². The molecular weight excluding hydrogens is 283 g/mol. The van der Waals surface area contributed by atoms with Crippen molar-refractivity contribution in [3.8, 4) is 0 Å². The lowest BCUT2D eigenvalue weighted by atomic mass is 9.94. The molecule has 1 heterocycles. The molecule has 1 fully saturated rings. The van der Waals surface area contributed by atoms with Gasteiger partial charge in [0.2, 0.25) is 11.6 Å². The molecule has 2 amide bonds. The van der Waals surface area contributed by atoms with Crippen molar-refractivity contribution in [3.63, 3.8) is 0 Å². The van der Waals surface area contributed by atoms with E-state index in [1.807, 2.05) is 0 Å². The van der Waals surface area contributed by atoms with Crippen molar-refractivity contribution in [2.75, 3.05) is 18.4 Å². The van der Waals surface area contributed by atoms with Gasteiger partial charge < -0.3 is 10.2 Å². The van der Waals surface area contributed by atoms with Crippen LogP contribution in [0.25, 0.3) is 0 Å². The van der Waals surface area contributed by atoms with E-state index in [4.69, 9.17) is 11.6 Å². The minimum Gasteiger partial charge on any atom is -0.331 e. The molecule has 4 nitrogen and oxygen atoms in total. The number of hydrogen-bond donors (Lipinski definition) is 1. The summed E-state index contributed by atoms with van der Waals surface area (Å²) in [5.41, 5.74) is -0.803. The van der Waals surface area contributed by atoms with Crippen molar-refractivity contribution < 1.29 is 14.0 Å². The summed E-state index contributed by atoms with van der Waals surface area (Å²) in [5.74, 6) is -1.13. The molecule has 1 aliphatic rings. The van der Waals surface area contributed by atoms with Gasteiger partial charge in [-0.1, -0.05) is 18.2 Å². The van der Waals surface area contributed by atoms with Gasteiger partial charge in [0.05, 0.1) is 13.1 Å². The first-order valence-corrected chi connectivity index (χ1v) is 6.41. The van der Waals surface area contributed by atoms with Crippen molar-refractivity contribution in [3.05, 3.63) is 41.4 Å². The summed E-state index contributed by atoms with van der Waals surface area (Å²) in [6.45, 7) is 4.57. The largest absolute Gasteiger partial charge is 0.331 e. The highest BCUT2D eigenvalue weighted by Gasteiger charge is 2.51. The molecule has 0 aromatic heterocycles. The van der Waals surface area contributed by atoms with Crippen LogP contribution >= 0.6 is 11.6 Å². The fourth-order valence-electron chi connectivity index (χ4n) is 1.99. The second-order valence-corrected chi connectivity index (χ2v) is 5.21. The number of nitrogens with one attached hydrogen (secondary N) is 1. The van der Waals surface area contributed by atoms with Crippen LogP contribution in [0.1, 0.15) is 5.56 Å². The molecule has 1 aromatic carbocycles. The number of nitrogens with zero attached hydrogens (tertiary/aromatic N) is 1. The Morgan fingerprint density at radius 2 is 2.15 bits per heavy atom. The molecule has 106 valence electrons. The number of carbonyl (C=O) groups excluding carboxylic acids is 2. The van der Waals surface area contributed by atoms with Gasteiger partial charge in [-0.3, -0.25) is 9.59 Å². The maximum Gasteiger partial charge on any atom is 0.265 e. The molecule has 0 radical (unpaired) electrons. The second kappa shape index (κ2) is 5.25. The summed E-state index contributed by atoms with van der Waals surface area (Å²) in [4.78, 5) is 24.4. The average Bonchev–Trinajstić information content (AvgIpc) is 2.37. The van der Waals surface area contributed by atoms with E-state index in [2.05, 4.69) is 11.9 Å². The van der Waals surface area contributed by atoms with E-state index in [-0.39, 0.29) is 19.0 Å². The highest BCUT2D eigenvalue weighted by Crippen LogP contribution is 2.28. The van der Waals surface area contributed by atoms with E-state index in [1.54, 1.807) is 25.1 Å². The number of benzene rings is 1. The molecule has 1 N–H and O–H groups in total. The van der Waals surface area contributed by atoms with E-state index in [0.29, 0.717) is 10.7 Å². The van der Waals surface area contributed by atoms with Crippen LogP contribution in [0.3, 0.4) is 0 Å². The fourth-order valence-corrected chi connectivity index (χ4v) is 2.22. The third-order valence-corrected chi connectivity index (χ3v) is 3.45. The predicted octanol–water partition coefficient (Wildman–Crippen LogP) is 2.32. The number of likely N-dealkylation sites (tertiary alicyclic amines) is 1. The van der Waals surface area contributed by atoms with Crippen LogP contribution in [0.15, 0.2) is 30.9 Å². The number of halogens is 2. The maximum atomic E-state index is 14.3. The molecule has 0 atom stereocenters. The van der Waals surface area contributed by atoms with Crippen molar-refractivity contribution in [2.45, 2.75) is 12.6 Å². The first kappa shape index (κ1) is 14.5. The molecular formula is C14H14ClFN2O2. The first-order chi connectivity index (χ1) is 9.35. The zero-order valence-electron chi connectivity index (χ0n) is 11.0. The van der Waals surface area contributed by atoms with Crippen molar-refractivity contribution in [2.24, 2.45) is 0 Å². The lowest BCUT2D eigenvalue weighted by Crippen LogP contribution is -2.65. The van der Waals surface area contributed by atoms with Crippen molar-refractivity contribution in [1.82, 2.24) is 4.90 Å². The molecule has 6 heteroatoms. The van der Waals surface area contributed by atoms with Crippen LogP contribution in [-0.4, -0.2) is 35.5 Å². The van der Waals surface area contributed by atoms with Crippen LogP contribution in [0.2, 0.25) is 5.02 Å². The number of carbonyl (C=O) groups is 2. The Morgan fingerprint density at radius 1 is 1.50 bits per heavy atom. The Hall–Kier alpha value is -1.88. The standard InChI is InChI=1S/C14H14ClFN2O2/c1-3-12(19)18-7-14(16,8-18)13(20)17-11-5-4-10(15)6-9(11)2/h3-6H,1,7-8H2,2H3,(H,17,20). The summed E-state index contributed by atoms with van der Waals surface area (Å²) in [5, 5.41) is 3.06. The number of alkyl halides is 1. The molecule has 0 spiro atoms. The predicted molar refractivity (Wildman–Crippen MR) is 75.4 cm³/mol. The quantitative estimate of drug-likeness (QED) is 0.870. The summed E-state index contributed by atoms with van der Waals surface area (Å²) >= 11 is 5.81. The van der Waals surface area contributed by atoms with E-state index < -0.39 is 11.6 Å². The van der Waals surface area contributed by atoms with Crippen LogP contribution in [0, 0.1) is 6.92 Å². The van der Waals surface area contributed by atoms with Crippen molar-refractivity contribution >= 4 is 29.1 Å². The van der Waals surface area contributed by atoms with E-state index in [1.165, 1.54) is 4.90 Å². The second-order valence-electron chi connectivity index (χ2n) is 4.78. The zero-order valence-corrected chi connectivity index (χ0v) is 11.7. The number of aryl methyl sites for hydroxylation is 1. The number of amides is 2. The molecule has 20 heavy (non-hydrogen) atoms. The minimum absolute atomic E-state index is 0.254. The van der Waals surface area contributed by atoms with Gasteiger partial charge in [0.1, 0.15) is 0 Å². The summed E-state index contributed by atoms with van der Waals surface area (Å²) in [6, 6.07) is 4.91. The Morgan fingerprint density at radius 3 is 2.70 bits per heavy atom.